The van der Waals surface area contributed by atoms with Crippen molar-refractivity contribution in [2.75, 3.05) is 25.1 Å². The number of thiazole rings is 1. The number of benzene rings is 1. The van der Waals surface area contributed by atoms with Gasteiger partial charge in [0.1, 0.15) is 10.3 Å². The smallest absolute Gasteiger partial charge is 0.308 e. The fraction of sp³-hybridized carbons (Fsp3) is 0.682. The predicted molar refractivity (Wildman–Crippen MR) is 235 cm³/mol. The number of esters is 1. The van der Waals surface area contributed by atoms with Crippen molar-refractivity contribution in [1.82, 2.24) is 9.97 Å². The molecule has 8 heteroatoms. The van der Waals surface area contributed by atoms with Crippen molar-refractivity contribution < 1.29 is 14.3 Å². The number of aryl methyl sites for hydroxylation is 2. The van der Waals surface area contributed by atoms with Gasteiger partial charge in [0.05, 0.1) is 12.5 Å². The molecule has 1 aliphatic heterocycles. The summed E-state index contributed by atoms with van der Waals surface area (Å²) in [5.74, 6) is 1.24. The van der Waals surface area contributed by atoms with Gasteiger partial charge in [0.2, 0.25) is 0 Å². The van der Waals surface area contributed by atoms with Gasteiger partial charge in [-0.1, -0.05) is 140 Å². The highest BCUT2D eigenvalue weighted by Crippen LogP contribution is 2.44. The zero-order chi connectivity index (χ0) is 39.1. The number of carbonyl (C=O) groups excluding carboxylic acids is 2. The summed E-state index contributed by atoms with van der Waals surface area (Å²) in [4.78, 5) is 33.4. The van der Waals surface area contributed by atoms with Crippen LogP contribution in [0.1, 0.15) is 167 Å². The average molecular weight is 822 g/mol. The molecular weight excluding hydrogens is 747 g/mol. The first-order valence-electron chi connectivity index (χ1n) is 20.5. The number of Topliss-reactive ketones (excluding diaryl/α,β-unsaturated/α-hetero) is 1. The van der Waals surface area contributed by atoms with Gasteiger partial charge >= 0.3 is 5.97 Å². The van der Waals surface area contributed by atoms with Crippen LogP contribution in [0.15, 0.2) is 40.9 Å². The molecule has 52 heavy (non-hydrogen) atoms. The number of hydrogen-bond acceptors (Lipinski definition) is 6. The lowest BCUT2D eigenvalue weighted by Gasteiger charge is -2.27. The first-order valence-corrected chi connectivity index (χ1v) is 24.0. The van der Waals surface area contributed by atoms with E-state index >= 15 is 0 Å². The van der Waals surface area contributed by atoms with Crippen LogP contribution in [0.4, 0.5) is 0 Å². The highest BCUT2D eigenvalue weighted by Gasteiger charge is 2.26. The van der Waals surface area contributed by atoms with Crippen LogP contribution in [0.2, 0.25) is 0 Å². The standard InChI is InChI=1S/C14H16N2OS.C12H23O2P.C6H5Br.C6H14.C4H10.C2H6/c1-2-5-12(17)14-16-11-8-9-6-3-4-7-10(9)15-13(11)18-14;1-3-5-8-15-9-6-11(7-10-15)12(13)14-4-2;7-6-4-2-1-3-5-6;1-3-5-6-4-2;1-4(2)3;1-2/h8H,2-7H2,1H3;11H,3-10H2,1-2H3;1-5H;3-6H2,1-2H3;4H,1-3H3;1-2H3. The summed E-state index contributed by atoms with van der Waals surface area (Å²) in [6, 6.07) is 12.1. The van der Waals surface area contributed by atoms with Crippen molar-refractivity contribution in [3.8, 4) is 0 Å². The third-order valence-corrected chi connectivity index (χ3v) is 12.4. The van der Waals surface area contributed by atoms with Crippen molar-refractivity contribution in [3.05, 3.63) is 57.1 Å². The number of halogens is 1. The number of ketones is 1. The minimum absolute atomic E-state index is 0.0441. The first kappa shape index (κ1) is 50.3. The van der Waals surface area contributed by atoms with Crippen LogP contribution >= 0.6 is 35.2 Å². The van der Waals surface area contributed by atoms with E-state index in [2.05, 4.69) is 73.5 Å². The number of nitrogens with zero attached hydrogens (tertiary/aromatic N) is 2. The Morgan fingerprint density at radius 2 is 1.44 bits per heavy atom. The van der Waals surface area contributed by atoms with Gasteiger partial charge in [-0.05, 0) is 106 Å². The summed E-state index contributed by atoms with van der Waals surface area (Å²) in [6.07, 6.45) is 20.5. The zero-order valence-corrected chi connectivity index (χ0v) is 38.0. The molecular formula is C44H74BrN2O3PS. The summed E-state index contributed by atoms with van der Waals surface area (Å²) >= 11 is 4.76. The topological polar surface area (TPSA) is 69.2 Å². The van der Waals surface area contributed by atoms with Gasteiger partial charge in [-0.2, -0.15) is 0 Å². The Morgan fingerprint density at radius 1 is 0.865 bits per heavy atom. The molecule has 5 rings (SSSR count). The van der Waals surface area contributed by atoms with Gasteiger partial charge < -0.3 is 4.74 Å². The van der Waals surface area contributed by atoms with E-state index < -0.39 is 0 Å². The van der Waals surface area contributed by atoms with Gasteiger partial charge in [-0.25, -0.2) is 9.97 Å². The SMILES string of the molecule is Brc1ccccc1.CC.CC(C)C.CCCC(=O)c1nc2cc3c(nc2s1)CCCC3.CCCCCC.CCCCP1CCC(C(=O)OCC)CC1. The van der Waals surface area contributed by atoms with Crippen LogP contribution in [-0.2, 0) is 22.4 Å². The Balaban J connectivity index is 0.000000684. The second kappa shape index (κ2) is 32.7. The summed E-state index contributed by atoms with van der Waals surface area (Å²) in [6.45, 7) is 21.6. The summed E-state index contributed by atoms with van der Waals surface area (Å²) in [5.41, 5.74) is 3.44. The van der Waals surface area contributed by atoms with Gasteiger partial charge in [0.15, 0.2) is 10.8 Å². The summed E-state index contributed by atoms with van der Waals surface area (Å²) < 4.78 is 6.20. The average Bonchev–Trinajstić information content (AvgIpc) is 3.57. The number of carbonyl (C=O) groups is 2. The normalized spacial score (nSPS) is 15.7. The third-order valence-electron chi connectivity index (χ3n) is 8.10. The van der Waals surface area contributed by atoms with Gasteiger partial charge in [0.25, 0.3) is 0 Å². The highest BCUT2D eigenvalue weighted by atomic mass is 79.9. The third kappa shape index (κ3) is 23.2. The molecule has 2 aliphatic rings. The molecule has 5 nitrogen and oxygen atoms in total. The number of fused-ring (bicyclic) bond motifs is 2. The van der Waals surface area contributed by atoms with Crippen LogP contribution in [0, 0.1) is 11.8 Å². The van der Waals surface area contributed by atoms with Gasteiger partial charge in [0, 0.05) is 16.6 Å². The molecule has 1 aromatic carbocycles. The first-order chi connectivity index (χ1) is 25.1. The number of rotatable bonds is 11. The molecule has 0 bridgehead atoms. The Hall–Kier alpha value is -1.69. The van der Waals surface area contributed by atoms with Crippen LogP contribution in [0.3, 0.4) is 0 Å². The lowest BCUT2D eigenvalue weighted by molar-refractivity contribution is -0.148. The molecule has 1 saturated heterocycles. The molecule has 296 valence electrons. The van der Waals surface area contributed by atoms with E-state index in [1.165, 1.54) is 92.4 Å². The predicted octanol–water partition coefficient (Wildman–Crippen LogP) is 14.5. The maximum absolute atomic E-state index is 11.9. The number of hydrogen-bond donors (Lipinski definition) is 0. The number of pyridine rings is 1. The Bertz CT molecular complexity index is 1260. The molecule has 0 radical (unpaired) electrons. The molecule has 3 heterocycles. The molecule has 2 aromatic heterocycles. The second-order valence-electron chi connectivity index (χ2n) is 13.8. The highest BCUT2D eigenvalue weighted by molar-refractivity contribution is 9.10. The molecule has 1 fully saturated rings. The van der Waals surface area contributed by atoms with Crippen molar-refractivity contribution >= 4 is 57.3 Å². The molecule has 0 spiro atoms. The van der Waals surface area contributed by atoms with E-state index in [1.54, 1.807) is 0 Å². The maximum atomic E-state index is 11.9. The van der Waals surface area contributed by atoms with Crippen LogP contribution in [-0.4, -0.2) is 46.8 Å². The number of unbranched alkanes of at least 4 members (excludes halogenated alkanes) is 4. The molecule has 1 aliphatic carbocycles. The molecule has 0 atom stereocenters. The summed E-state index contributed by atoms with van der Waals surface area (Å²) in [7, 11) is 0.254. The molecule has 3 aromatic rings. The van der Waals surface area contributed by atoms with Crippen LogP contribution in [0.25, 0.3) is 10.3 Å². The summed E-state index contributed by atoms with van der Waals surface area (Å²) in [5, 5.41) is 0.627. The van der Waals surface area contributed by atoms with E-state index in [0.717, 1.165) is 52.8 Å². The lowest BCUT2D eigenvalue weighted by atomic mass is 9.96. The fourth-order valence-corrected chi connectivity index (χ4v) is 9.38. The van der Waals surface area contributed by atoms with Gasteiger partial charge in [-0.3, -0.25) is 9.59 Å². The fourth-order valence-electron chi connectivity index (χ4n) is 5.38. The molecule has 0 N–H and O–H groups in total. The van der Waals surface area contributed by atoms with E-state index in [1.807, 2.05) is 58.0 Å². The van der Waals surface area contributed by atoms with Gasteiger partial charge in [-0.15, -0.1) is 7.92 Å². The van der Waals surface area contributed by atoms with Crippen molar-refractivity contribution in [2.45, 2.75) is 159 Å². The minimum Gasteiger partial charge on any atom is -0.466 e. The van der Waals surface area contributed by atoms with Crippen molar-refractivity contribution in [2.24, 2.45) is 11.8 Å². The second-order valence-corrected chi connectivity index (χ2v) is 18.4. The Morgan fingerprint density at radius 3 is 1.94 bits per heavy atom. The largest absolute Gasteiger partial charge is 0.466 e. The quantitative estimate of drug-likeness (QED) is 0.0834. The molecule has 0 amide bonds. The molecule has 0 saturated carbocycles. The lowest BCUT2D eigenvalue weighted by Crippen LogP contribution is -2.23. The van der Waals surface area contributed by atoms with Crippen molar-refractivity contribution in [3.63, 3.8) is 0 Å². The van der Waals surface area contributed by atoms with E-state index in [-0.39, 0.29) is 25.6 Å². The minimum atomic E-state index is 0.0441. The Kier molecular flexibility index (Phi) is 31.7. The van der Waals surface area contributed by atoms with Crippen LogP contribution < -0.4 is 0 Å². The Labute approximate surface area is 333 Å². The molecule has 0 unspecified atom stereocenters. The number of aromatic nitrogens is 2. The van der Waals surface area contributed by atoms with E-state index in [4.69, 9.17) is 4.74 Å². The zero-order valence-electron chi connectivity index (χ0n) is 34.7. The van der Waals surface area contributed by atoms with Crippen LogP contribution in [0.5, 0.6) is 0 Å². The van der Waals surface area contributed by atoms with E-state index in [9.17, 15) is 9.59 Å². The maximum Gasteiger partial charge on any atom is 0.308 e. The number of ether oxygens (including phenoxy) is 1. The van der Waals surface area contributed by atoms with E-state index in [0.29, 0.717) is 18.0 Å². The van der Waals surface area contributed by atoms with Crippen molar-refractivity contribution in [1.29, 1.82) is 0 Å². The monoisotopic (exact) mass is 820 g/mol.